The smallest absolute Gasteiger partial charge is 0.164 e. The summed E-state index contributed by atoms with van der Waals surface area (Å²) in [6.45, 7) is 13.8. The molecule has 2 aliphatic rings. The number of aliphatic imine (C=N–C) groups is 3. The van der Waals surface area contributed by atoms with E-state index in [4.69, 9.17) is 24.9 Å². The van der Waals surface area contributed by atoms with Crippen LogP contribution in [0.15, 0.2) is 270 Å². The SMILES string of the molecule is C=NC(=NC(=NCc1ccc2c(c1)c1cc(-c3cccc(-c4cc5c6c(c4)c4cc(-c7nc(-c8ccccc8)nc(-c8ccccc8)n7)ccc4n6-c4ccccc4C5(C)C)c3)cc3c1n2-c1ccccc1C3(C)C)c1ccccc1)c1ccccc1. The van der Waals surface area contributed by atoms with Crippen molar-refractivity contribution in [1.29, 1.82) is 0 Å². The van der Waals surface area contributed by atoms with Gasteiger partial charge in [0.15, 0.2) is 29.1 Å². The molecule has 0 spiro atoms. The van der Waals surface area contributed by atoms with Crippen LogP contribution in [0.5, 0.6) is 0 Å². The van der Waals surface area contributed by atoms with Gasteiger partial charge in [0.05, 0.1) is 40.0 Å². The molecule has 0 bridgehead atoms. The van der Waals surface area contributed by atoms with Gasteiger partial charge in [-0.05, 0) is 130 Å². The van der Waals surface area contributed by atoms with E-state index < -0.39 is 0 Å². The van der Waals surface area contributed by atoms with E-state index in [0.29, 0.717) is 35.7 Å². The van der Waals surface area contributed by atoms with Gasteiger partial charge in [-0.1, -0.05) is 210 Å². The lowest BCUT2D eigenvalue weighted by Crippen LogP contribution is -2.26. The molecule has 8 heteroatoms. The summed E-state index contributed by atoms with van der Waals surface area (Å²) in [7, 11) is 0. The van der Waals surface area contributed by atoms with Crippen molar-refractivity contribution in [2.45, 2.75) is 45.1 Å². The minimum atomic E-state index is -0.308. The Bertz CT molecular complexity index is 5130. The Morgan fingerprint density at radius 3 is 1.31 bits per heavy atom. The highest BCUT2D eigenvalue weighted by molar-refractivity contribution is 6.16. The van der Waals surface area contributed by atoms with Crippen LogP contribution in [0, 0.1) is 0 Å². The Morgan fingerprint density at radius 1 is 0.368 bits per heavy atom. The number of hydrogen-bond donors (Lipinski definition) is 0. The Balaban J connectivity index is 0.858. The van der Waals surface area contributed by atoms with Crippen molar-refractivity contribution >= 4 is 62.0 Å². The average molecular weight is 1120 g/mol. The summed E-state index contributed by atoms with van der Waals surface area (Å²) in [6, 6.07) is 90.8. The van der Waals surface area contributed by atoms with E-state index in [0.717, 1.165) is 66.5 Å². The van der Waals surface area contributed by atoms with Crippen LogP contribution in [0.1, 0.15) is 66.6 Å². The summed E-state index contributed by atoms with van der Waals surface area (Å²) in [4.78, 5) is 30.0. The number of nitrogens with zero attached hydrogens (tertiary/aromatic N) is 8. The Morgan fingerprint density at radius 2 is 0.793 bits per heavy atom. The third-order valence-electron chi connectivity index (χ3n) is 18.1. The predicted molar refractivity (Wildman–Crippen MR) is 359 cm³/mol. The van der Waals surface area contributed by atoms with Gasteiger partial charge in [-0.25, -0.2) is 24.9 Å². The summed E-state index contributed by atoms with van der Waals surface area (Å²) in [6.07, 6.45) is 0. The lowest BCUT2D eigenvalue weighted by molar-refractivity contribution is 0.630. The third-order valence-corrected chi connectivity index (χ3v) is 18.1. The summed E-state index contributed by atoms with van der Waals surface area (Å²) >= 11 is 0. The van der Waals surface area contributed by atoms with Crippen LogP contribution < -0.4 is 0 Å². The quantitative estimate of drug-likeness (QED) is 0.107. The zero-order valence-electron chi connectivity index (χ0n) is 48.7. The molecule has 0 radical (unpaired) electrons. The lowest BCUT2D eigenvalue weighted by Gasteiger charge is -2.35. The Kier molecular flexibility index (Phi) is 11.9. The normalized spacial score (nSPS) is 13.9. The standard InChI is InChI=1S/C79H58N8/c1-78(2)63-33-18-20-35-69(63)86-67-39-37-49(48-81-74(51-25-12-7-13-26-51)82-73(80-5)50-23-10-6-11-24-50)41-59(67)61-44-57(46-65(78)71(61)86)54-31-22-32-55(42-54)58-45-62-60-43-56(38-40-68(60)87-70-36-21-19-34-64(70)79(3,4)66(47-58)72(62)87)77-84-75(52-27-14-8-15-28-52)83-76(85-77)53-29-16-9-17-30-53/h6-47H,5,48H2,1-4H3. The van der Waals surface area contributed by atoms with Crippen molar-refractivity contribution in [2.75, 3.05) is 0 Å². The molecule has 0 fully saturated rings. The summed E-state index contributed by atoms with van der Waals surface area (Å²) in [5.74, 6) is 3.03. The van der Waals surface area contributed by atoms with E-state index in [1.54, 1.807) is 0 Å². The van der Waals surface area contributed by atoms with Gasteiger partial charge in [-0.15, -0.1) is 0 Å². The highest BCUT2D eigenvalue weighted by atomic mass is 15.0. The number of rotatable bonds is 9. The fourth-order valence-electron chi connectivity index (χ4n) is 13.7. The molecule has 0 unspecified atom stereocenters. The van der Waals surface area contributed by atoms with E-state index in [2.05, 4.69) is 206 Å². The molecular formula is C79H58N8. The third kappa shape index (κ3) is 8.42. The van der Waals surface area contributed by atoms with E-state index in [1.165, 1.54) is 66.4 Å². The molecule has 0 aliphatic carbocycles. The minimum absolute atomic E-state index is 0.297. The molecule has 0 atom stereocenters. The topological polar surface area (TPSA) is 85.6 Å². The van der Waals surface area contributed by atoms with Crippen molar-refractivity contribution in [3.8, 4) is 67.8 Å². The first-order valence-corrected chi connectivity index (χ1v) is 29.7. The second kappa shape index (κ2) is 20.1. The number of aromatic nitrogens is 5. The number of amidine groups is 2. The first-order valence-electron chi connectivity index (χ1n) is 29.7. The molecule has 11 aromatic carbocycles. The average Bonchev–Trinajstić information content (AvgIpc) is 1.57. The van der Waals surface area contributed by atoms with Gasteiger partial charge < -0.3 is 9.13 Å². The number of fused-ring (bicyclic) bond motifs is 10. The lowest BCUT2D eigenvalue weighted by atomic mass is 9.73. The molecule has 0 saturated carbocycles. The molecule has 0 amide bonds. The fourth-order valence-corrected chi connectivity index (χ4v) is 13.7. The molecular weight excluding hydrogens is 1060 g/mol. The van der Waals surface area contributed by atoms with Gasteiger partial charge >= 0.3 is 0 Å². The molecule has 0 saturated heterocycles. The second-order valence-corrected chi connectivity index (χ2v) is 24.0. The van der Waals surface area contributed by atoms with E-state index in [1.807, 2.05) is 97.1 Å². The molecule has 3 aromatic heterocycles. The number of hydrogen-bond acceptors (Lipinski definition) is 4. The first kappa shape index (κ1) is 51.7. The van der Waals surface area contributed by atoms with Crippen molar-refractivity contribution in [3.63, 3.8) is 0 Å². The van der Waals surface area contributed by atoms with Crippen LogP contribution in [0.3, 0.4) is 0 Å². The molecule has 8 nitrogen and oxygen atoms in total. The Labute approximate surface area is 504 Å². The zero-order valence-corrected chi connectivity index (χ0v) is 48.7. The highest BCUT2D eigenvalue weighted by Gasteiger charge is 2.38. The first-order chi connectivity index (χ1) is 42.6. The second-order valence-electron chi connectivity index (χ2n) is 24.0. The van der Waals surface area contributed by atoms with Gasteiger partial charge in [-0.3, -0.25) is 4.99 Å². The zero-order chi connectivity index (χ0) is 58.5. The number of para-hydroxylation sites is 2. The van der Waals surface area contributed by atoms with Crippen molar-refractivity contribution in [3.05, 3.63) is 294 Å². The molecule has 14 aromatic rings. The largest absolute Gasteiger partial charge is 0.309 e. The van der Waals surface area contributed by atoms with Gasteiger partial charge in [0, 0.05) is 60.2 Å². The summed E-state index contributed by atoms with van der Waals surface area (Å²) < 4.78 is 4.97. The molecule has 16 rings (SSSR count). The highest BCUT2D eigenvalue weighted by Crippen LogP contribution is 2.52. The number of benzene rings is 11. The molecule has 5 heterocycles. The maximum Gasteiger partial charge on any atom is 0.164 e. The summed E-state index contributed by atoms with van der Waals surface area (Å²) in [5.41, 5.74) is 22.0. The van der Waals surface area contributed by atoms with E-state index in [-0.39, 0.29) is 10.8 Å². The van der Waals surface area contributed by atoms with Crippen molar-refractivity contribution in [2.24, 2.45) is 15.0 Å². The van der Waals surface area contributed by atoms with Crippen molar-refractivity contribution < 1.29 is 0 Å². The van der Waals surface area contributed by atoms with Crippen LogP contribution >= 0.6 is 0 Å². The van der Waals surface area contributed by atoms with E-state index >= 15 is 0 Å². The molecule has 2 aliphatic heterocycles. The van der Waals surface area contributed by atoms with Crippen LogP contribution in [-0.4, -0.2) is 42.5 Å². The maximum absolute atomic E-state index is 5.23. The van der Waals surface area contributed by atoms with Crippen LogP contribution in [0.4, 0.5) is 0 Å². The van der Waals surface area contributed by atoms with Crippen LogP contribution in [0.25, 0.3) is 111 Å². The predicted octanol–water partition coefficient (Wildman–Crippen LogP) is 18.8. The Hall–Kier alpha value is -11.0. The molecule has 0 N–H and O–H groups in total. The minimum Gasteiger partial charge on any atom is -0.309 e. The van der Waals surface area contributed by atoms with Gasteiger partial charge in [0.2, 0.25) is 0 Å². The van der Waals surface area contributed by atoms with Gasteiger partial charge in [-0.2, -0.15) is 0 Å². The summed E-state index contributed by atoms with van der Waals surface area (Å²) in [5, 5.41) is 4.71. The van der Waals surface area contributed by atoms with Crippen LogP contribution in [-0.2, 0) is 17.4 Å². The van der Waals surface area contributed by atoms with Gasteiger partial charge in [0.1, 0.15) is 0 Å². The monoisotopic (exact) mass is 1120 g/mol. The van der Waals surface area contributed by atoms with Crippen LogP contribution in [0.2, 0.25) is 0 Å². The fraction of sp³-hybridized carbons (Fsp3) is 0.0886. The molecule has 87 heavy (non-hydrogen) atoms. The maximum atomic E-state index is 5.23. The molecule has 414 valence electrons. The van der Waals surface area contributed by atoms with E-state index in [9.17, 15) is 0 Å². The van der Waals surface area contributed by atoms with Gasteiger partial charge in [0.25, 0.3) is 0 Å². The van der Waals surface area contributed by atoms with Crippen molar-refractivity contribution in [1.82, 2.24) is 24.1 Å².